The molecule has 0 saturated heterocycles. The maximum Gasteiger partial charge on any atom is 0.309 e. The Morgan fingerprint density at radius 3 is 2.54 bits per heavy atom. The summed E-state index contributed by atoms with van der Waals surface area (Å²) in [4.78, 5) is 24.9. The van der Waals surface area contributed by atoms with Crippen LogP contribution < -0.4 is 0 Å². The Bertz CT molecular complexity index is 856. The molecule has 0 aromatic carbocycles. The fourth-order valence-corrected chi connectivity index (χ4v) is 5.18. The lowest BCUT2D eigenvalue weighted by atomic mass is 9.57. The molecule has 28 heavy (non-hydrogen) atoms. The van der Waals surface area contributed by atoms with E-state index in [-0.39, 0.29) is 34.5 Å². The number of carbonyl (C=O) groups is 1. The van der Waals surface area contributed by atoms with Gasteiger partial charge in [-0.25, -0.2) is 14.4 Å². The minimum absolute atomic E-state index is 0.0110. The van der Waals surface area contributed by atoms with Gasteiger partial charge in [-0.05, 0) is 80.5 Å². The highest BCUT2D eigenvalue weighted by Gasteiger charge is 2.48. The van der Waals surface area contributed by atoms with Crippen LogP contribution in [-0.4, -0.2) is 27.5 Å². The molecule has 0 N–H and O–H groups in total. The van der Waals surface area contributed by atoms with Gasteiger partial charge in [0.15, 0.2) is 5.82 Å². The number of halogens is 2. The summed E-state index contributed by atoms with van der Waals surface area (Å²) in [5.74, 6) is -0.0928. The quantitative estimate of drug-likeness (QED) is 0.543. The third-order valence-electron chi connectivity index (χ3n) is 6.23. The number of pyridine rings is 1. The van der Waals surface area contributed by atoms with Gasteiger partial charge in [-0.3, -0.25) is 9.78 Å². The van der Waals surface area contributed by atoms with Gasteiger partial charge < -0.3 is 4.74 Å². The normalized spacial score (nSPS) is 26.2. The zero-order chi connectivity index (χ0) is 19.7. The summed E-state index contributed by atoms with van der Waals surface area (Å²) < 4.78 is 20.6. The molecule has 2 heterocycles. The number of ether oxygens (including phenoxy) is 1. The van der Waals surface area contributed by atoms with Crippen molar-refractivity contribution in [3.05, 3.63) is 41.3 Å². The Balaban J connectivity index is 1.68. The van der Waals surface area contributed by atoms with Gasteiger partial charge in [0.05, 0.1) is 18.2 Å². The number of nitrogens with zero attached hydrogens (tertiary/aromatic N) is 3. The summed E-state index contributed by atoms with van der Waals surface area (Å²) in [5, 5.41) is 0.0110. The maximum atomic E-state index is 15.3. The summed E-state index contributed by atoms with van der Waals surface area (Å²) >= 11 is 6.12. The van der Waals surface area contributed by atoms with E-state index < -0.39 is 5.82 Å². The van der Waals surface area contributed by atoms with Crippen LogP contribution in [0.4, 0.5) is 4.39 Å². The highest BCUT2D eigenvalue weighted by atomic mass is 35.5. The lowest BCUT2D eigenvalue weighted by Crippen LogP contribution is -2.45. The van der Waals surface area contributed by atoms with Crippen LogP contribution in [-0.2, 0) is 16.0 Å². The third kappa shape index (κ3) is 3.62. The lowest BCUT2D eigenvalue weighted by Gasteiger charge is -2.47. The van der Waals surface area contributed by atoms with E-state index in [1.54, 1.807) is 24.5 Å². The maximum absolute atomic E-state index is 15.3. The molecule has 7 heteroatoms. The van der Waals surface area contributed by atoms with Crippen LogP contribution in [0.15, 0.2) is 24.5 Å². The Morgan fingerprint density at radius 1 is 1.18 bits per heavy atom. The van der Waals surface area contributed by atoms with Crippen LogP contribution in [0.2, 0.25) is 5.28 Å². The van der Waals surface area contributed by atoms with Crippen LogP contribution in [0.25, 0.3) is 11.3 Å². The van der Waals surface area contributed by atoms with Gasteiger partial charge in [-0.2, -0.15) is 0 Å². The van der Waals surface area contributed by atoms with Crippen molar-refractivity contribution in [1.82, 2.24) is 15.0 Å². The van der Waals surface area contributed by atoms with Crippen LogP contribution >= 0.6 is 11.6 Å². The molecule has 2 aromatic heterocycles. The lowest BCUT2D eigenvalue weighted by molar-refractivity contribution is -0.158. The second kappa shape index (κ2) is 8.11. The van der Waals surface area contributed by atoms with Gasteiger partial charge >= 0.3 is 5.97 Å². The SMILES string of the molecule is CCOC(=O)[C@H]1C2CCC(CC2)[C@@H]1Cc1nc(Cl)nc(-c2ccncc2)c1F. The van der Waals surface area contributed by atoms with E-state index in [0.717, 1.165) is 25.7 Å². The molecule has 5 rings (SSSR count). The van der Waals surface area contributed by atoms with Gasteiger partial charge in [0.2, 0.25) is 5.28 Å². The summed E-state index contributed by atoms with van der Waals surface area (Å²) in [6.45, 7) is 2.18. The fourth-order valence-electron chi connectivity index (χ4n) is 5.00. The first-order chi connectivity index (χ1) is 13.6. The summed E-state index contributed by atoms with van der Waals surface area (Å²) in [6, 6.07) is 3.38. The molecule has 0 spiro atoms. The first-order valence-electron chi connectivity index (χ1n) is 9.87. The molecule has 3 saturated carbocycles. The number of carbonyl (C=O) groups excluding carboxylic acids is 1. The van der Waals surface area contributed by atoms with E-state index in [9.17, 15) is 4.79 Å². The van der Waals surface area contributed by atoms with Crippen LogP contribution in [0, 0.1) is 29.5 Å². The van der Waals surface area contributed by atoms with Gasteiger partial charge in [0.1, 0.15) is 5.69 Å². The molecule has 0 aliphatic heterocycles. The van der Waals surface area contributed by atoms with Crippen molar-refractivity contribution in [1.29, 1.82) is 0 Å². The molecule has 0 amide bonds. The largest absolute Gasteiger partial charge is 0.466 e. The standard InChI is InChI=1S/C21H23ClFN3O2/c1-2-28-20(27)17-13-5-3-12(4-6-13)15(17)11-16-18(23)19(26-21(22)25-16)14-7-9-24-10-8-14/h7-10,12-13,15,17H,2-6,11H2,1H3/t12?,13?,15-,17-/m0/s1. The van der Waals surface area contributed by atoms with E-state index in [4.69, 9.17) is 16.3 Å². The number of hydrogen-bond donors (Lipinski definition) is 0. The Labute approximate surface area is 168 Å². The fraction of sp³-hybridized carbons (Fsp3) is 0.524. The van der Waals surface area contributed by atoms with E-state index >= 15 is 4.39 Å². The highest BCUT2D eigenvalue weighted by Crippen LogP contribution is 2.50. The second-order valence-electron chi connectivity index (χ2n) is 7.66. The van der Waals surface area contributed by atoms with Crippen molar-refractivity contribution in [3.63, 3.8) is 0 Å². The molecular formula is C21H23ClFN3O2. The predicted octanol–water partition coefficient (Wildman–Crippen LogP) is 4.49. The van der Waals surface area contributed by atoms with Gasteiger partial charge in [-0.1, -0.05) is 0 Å². The molecule has 2 bridgehead atoms. The van der Waals surface area contributed by atoms with E-state index in [1.165, 1.54) is 0 Å². The first-order valence-corrected chi connectivity index (χ1v) is 10.2. The third-order valence-corrected chi connectivity index (χ3v) is 6.39. The molecule has 3 aliphatic carbocycles. The number of hydrogen-bond acceptors (Lipinski definition) is 5. The molecule has 2 atom stereocenters. The monoisotopic (exact) mass is 403 g/mol. The van der Waals surface area contributed by atoms with Crippen LogP contribution in [0.1, 0.15) is 38.3 Å². The van der Waals surface area contributed by atoms with Crippen LogP contribution in [0.3, 0.4) is 0 Å². The second-order valence-corrected chi connectivity index (χ2v) is 8.00. The molecule has 148 valence electrons. The Kier molecular flexibility index (Phi) is 5.58. The number of esters is 1. The minimum Gasteiger partial charge on any atom is -0.466 e. The van der Waals surface area contributed by atoms with Crippen molar-refractivity contribution < 1.29 is 13.9 Å². The summed E-state index contributed by atoms with van der Waals surface area (Å²) in [7, 11) is 0. The van der Waals surface area contributed by atoms with Gasteiger partial charge in [0, 0.05) is 18.0 Å². The zero-order valence-electron chi connectivity index (χ0n) is 15.8. The number of aromatic nitrogens is 3. The van der Waals surface area contributed by atoms with Gasteiger partial charge in [0.25, 0.3) is 0 Å². The molecule has 2 aromatic rings. The molecule has 3 aliphatic rings. The van der Waals surface area contributed by atoms with Crippen molar-refractivity contribution in [3.8, 4) is 11.3 Å². The highest BCUT2D eigenvalue weighted by molar-refractivity contribution is 6.28. The van der Waals surface area contributed by atoms with Crippen LogP contribution in [0.5, 0.6) is 0 Å². The minimum atomic E-state index is -0.473. The molecular weight excluding hydrogens is 381 g/mol. The van der Waals surface area contributed by atoms with E-state index in [0.29, 0.717) is 30.4 Å². The van der Waals surface area contributed by atoms with E-state index in [1.807, 2.05) is 6.92 Å². The number of rotatable bonds is 5. The first kappa shape index (κ1) is 19.2. The zero-order valence-corrected chi connectivity index (χ0v) is 16.5. The topological polar surface area (TPSA) is 65.0 Å². The van der Waals surface area contributed by atoms with E-state index in [2.05, 4.69) is 15.0 Å². The van der Waals surface area contributed by atoms with Crippen molar-refractivity contribution in [2.24, 2.45) is 23.7 Å². The smallest absolute Gasteiger partial charge is 0.309 e. The average Bonchev–Trinajstić information content (AvgIpc) is 2.72. The molecule has 5 nitrogen and oxygen atoms in total. The Hall–Kier alpha value is -2.08. The van der Waals surface area contributed by atoms with Crippen molar-refractivity contribution in [2.45, 2.75) is 39.0 Å². The Morgan fingerprint density at radius 2 is 1.86 bits per heavy atom. The predicted molar refractivity (Wildman–Crippen MR) is 103 cm³/mol. The molecule has 0 unspecified atom stereocenters. The van der Waals surface area contributed by atoms with Crippen molar-refractivity contribution >= 4 is 17.6 Å². The summed E-state index contributed by atoms with van der Waals surface area (Å²) in [6.07, 6.45) is 7.77. The molecule has 3 fully saturated rings. The van der Waals surface area contributed by atoms with Gasteiger partial charge in [-0.15, -0.1) is 0 Å². The average molecular weight is 404 g/mol. The van der Waals surface area contributed by atoms with Crippen molar-refractivity contribution in [2.75, 3.05) is 6.61 Å². The summed E-state index contributed by atoms with van der Waals surface area (Å²) in [5.41, 5.74) is 1.05. The number of fused-ring (bicyclic) bond motifs is 3. The molecule has 0 radical (unpaired) electrons.